The van der Waals surface area contributed by atoms with E-state index in [1.165, 1.54) is 0 Å². The second-order valence-electron chi connectivity index (χ2n) is 6.23. The van der Waals surface area contributed by atoms with Gasteiger partial charge >= 0.3 is 0 Å². The highest BCUT2D eigenvalue weighted by molar-refractivity contribution is 5.94. The van der Waals surface area contributed by atoms with Gasteiger partial charge < -0.3 is 20.3 Å². The summed E-state index contributed by atoms with van der Waals surface area (Å²) in [6, 6.07) is 10.7. The molecular weight excluding hydrogens is 344 g/mol. The van der Waals surface area contributed by atoms with E-state index in [9.17, 15) is 9.59 Å². The van der Waals surface area contributed by atoms with Crippen molar-refractivity contribution in [3.8, 4) is 5.75 Å². The molecule has 0 bridgehead atoms. The largest absolute Gasteiger partial charge is 0.483 e. The minimum absolute atomic E-state index is 0.0756. The van der Waals surface area contributed by atoms with E-state index in [1.807, 2.05) is 44.1 Å². The molecule has 1 aromatic heterocycles. The molecular formula is C20H26N4O3. The van der Waals surface area contributed by atoms with Crippen molar-refractivity contribution in [2.75, 3.05) is 32.6 Å². The molecule has 0 saturated heterocycles. The smallest absolute Gasteiger partial charge is 0.257 e. The van der Waals surface area contributed by atoms with Gasteiger partial charge in [-0.2, -0.15) is 0 Å². The zero-order valence-corrected chi connectivity index (χ0v) is 16.2. The number of aromatic nitrogens is 1. The van der Waals surface area contributed by atoms with Crippen LogP contribution < -0.4 is 20.3 Å². The molecule has 0 unspecified atom stereocenters. The van der Waals surface area contributed by atoms with E-state index in [2.05, 4.69) is 15.6 Å². The highest BCUT2D eigenvalue weighted by atomic mass is 16.5. The molecule has 0 aliphatic carbocycles. The first-order chi connectivity index (χ1) is 13.0. The highest BCUT2D eigenvalue weighted by Gasteiger charge is 2.18. The van der Waals surface area contributed by atoms with Gasteiger partial charge in [0.05, 0.1) is 11.6 Å². The number of amides is 2. The van der Waals surface area contributed by atoms with Crippen LogP contribution in [0.4, 0.5) is 5.82 Å². The maximum atomic E-state index is 12.6. The van der Waals surface area contributed by atoms with Gasteiger partial charge in [0.25, 0.3) is 11.8 Å². The summed E-state index contributed by atoms with van der Waals surface area (Å²) in [4.78, 5) is 30.2. The van der Waals surface area contributed by atoms with E-state index in [0.717, 1.165) is 11.4 Å². The fourth-order valence-corrected chi connectivity index (χ4v) is 2.54. The quantitative estimate of drug-likeness (QED) is 0.744. The molecule has 0 saturated carbocycles. The Balaban J connectivity index is 2.14. The standard InChI is InChI=1S/C20H26N4O3/c1-5-16(15-8-6-7-9-17(15)27-13-19(25)21-2)23-20(26)14-10-11-18(22-12-14)24(3)4/h6-12,16H,5,13H2,1-4H3,(H,21,25)(H,23,26)/t16-/m1/s1. The van der Waals surface area contributed by atoms with E-state index >= 15 is 0 Å². The van der Waals surface area contributed by atoms with Crippen molar-refractivity contribution in [2.45, 2.75) is 19.4 Å². The van der Waals surface area contributed by atoms with Crippen LogP contribution in [0.25, 0.3) is 0 Å². The number of carbonyl (C=O) groups is 2. The lowest BCUT2D eigenvalue weighted by Gasteiger charge is -2.21. The van der Waals surface area contributed by atoms with Crippen LogP contribution in [0.1, 0.15) is 35.3 Å². The number of nitrogens with zero attached hydrogens (tertiary/aromatic N) is 2. The number of benzene rings is 1. The highest BCUT2D eigenvalue weighted by Crippen LogP contribution is 2.27. The molecule has 2 rings (SSSR count). The Bertz CT molecular complexity index is 775. The summed E-state index contributed by atoms with van der Waals surface area (Å²) in [5.74, 6) is 0.940. The molecule has 0 spiro atoms. The first-order valence-corrected chi connectivity index (χ1v) is 8.82. The summed E-state index contributed by atoms with van der Waals surface area (Å²) >= 11 is 0. The average molecular weight is 370 g/mol. The molecule has 1 atom stereocenters. The maximum absolute atomic E-state index is 12.6. The number of hydrogen-bond donors (Lipinski definition) is 2. The van der Waals surface area contributed by atoms with E-state index in [4.69, 9.17) is 4.74 Å². The van der Waals surface area contributed by atoms with E-state index in [-0.39, 0.29) is 24.5 Å². The predicted molar refractivity (Wildman–Crippen MR) is 105 cm³/mol. The van der Waals surface area contributed by atoms with Crippen LogP contribution in [0.3, 0.4) is 0 Å². The maximum Gasteiger partial charge on any atom is 0.257 e. The van der Waals surface area contributed by atoms with Gasteiger partial charge in [-0.1, -0.05) is 25.1 Å². The number of para-hydroxylation sites is 1. The summed E-state index contributed by atoms with van der Waals surface area (Å²) in [5.41, 5.74) is 1.32. The Labute approximate surface area is 159 Å². The molecule has 1 aromatic carbocycles. The first-order valence-electron chi connectivity index (χ1n) is 8.82. The third-order valence-corrected chi connectivity index (χ3v) is 4.11. The Morgan fingerprint density at radius 2 is 1.93 bits per heavy atom. The van der Waals surface area contributed by atoms with Crippen molar-refractivity contribution in [1.82, 2.24) is 15.6 Å². The molecule has 0 aliphatic rings. The molecule has 2 aromatic rings. The molecule has 27 heavy (non-hydrogen) atoms. The van der Waals surface area contributed by atoms with Crippen molar-refractivity contribution in [3.05, 3.63) is 53.7 Å². The molecule has 2 amide bonds. The lowest BCUT2D eigenvalue weighted by atomic mass is 10.0. The van der Waals surface area contributed by atoms with Crippen LogP contribution in [0.15, 0.2) is 42.6 Å². The van der Waals surface area contributed by atoms with E-state index < -0.39 is 0 Å². The third-order valence-electron chi connectivity index (χ3n) is 4.11. The SMILES string of the molecule is CC[C@@H](NC(=O)c1ccc(N(C)C)nc1)c1ccccc1OCC(=O)NC. The van der Waals surface area contributed by atoms with Gasteiger partial charge in [-0.15, -0.1) is 0 Å². The van der Waals surface area contributed by atoms with Gasteiger partial charge in [-0.25, -0.2) is 4.98 Å². The van der Waals surface area contributed by atoms with Crippen LogP contribution >= 0.6 is 0 Å². The summed E-state index contributed by atoms with van der Waals surface area (Å²) in [6.45, 7) is 1.90. The third kappa shape index (κ3) is 5.44. The Morgan fingerprint density at radius 1 is 1.19 bits per heavy atom. The minimum atomic E-state index is -0.244. The fraction of sp³-hybridized carbons (Fsp3) is 0.350. The normalized spacial score (nSPS) is 11.4. The van der Waals surface area contributed by atoms with Crippen molar-refractivity contribution >= 4 is 17.6 Å². The molecule has 0 fully saturated rings. The van der Waals surface area contributed by atoms with Crippen LogP contribution in [0.2, 0.25) is 0 Å². The van der Waals surface area contributed by atoms with Crippen LogP contribution in [-0.4, -0.2) is 44.5 Å². The van der Waals surface area contributed by atoms with Gasteiger partial charge in [-0.05, 0) is 24.6 Å². The summed E-state index contributed by atoms with van der Waals surface area (Å²) in [6.07, 6.45) is 2.24. The molecule has 2 N–H and O–H groups in total. The minimum Gasteiger partial charge on any atom is -0.483 e. The Morgan fingerprint density at radius 3 is 2.52 bits per heavy atom. The Hall–Kier alpha value is -3.09. The van der Waals surface area contributed by atoms with Crippen LogP contribution in [0, 0.1) is 0 Å². The lowest BCUT2D eigenvalue weighted by Crippen LogP contribution is -2.29. The number of hydrogen-bond acceptors (Lipinski definition) is 5. The molecule has 7 nitrogen and oxygen atoms in total. The monoisotopic (exact) mass is 370 g/mol. The number of likely N-dealkylation sites (N-methyl/N-ethyl adjacent to an activating group) is 1. The van der Waals surface area contributed by atoms with Gasteiger partial charge in [-0.3, -0.25) is 9.59 Å². The fourth-order valence-electron chi connectivity index (χ4n) is 2.54. The number of rotatable bonds is 8. The second kappa shape index (κ2) is 9.56. The molecule has 144 valence electrons. The zero-order valence-electron chi connectivity index (χ0n) is 16.2. The van der Waals surface area contributed by atoms with E-state index in [1.54, 1.807) is 31.4 Å². The van der Waals surface area contributed by atoms with Gasteiger partial charge in [0, 0.05) is 32.9 Å². The number of nitrogens with one attached hydrogen (secondary N) is 2. The summed E-state index contributed by atoms with van der Waals surface area (Å²) in [7, 11) is 5.35. The zero-order chi connectivity index (χ0) is 19.8. The van der Waals surface area contributed by atoms with Crippen LogP contribution in [0.5, 0.6) is 5.75 Å². The number of carbonyl (C=O) groups excluding carboxylic acids is 2. The number of pyridine rings is 1. The van der Waals surface area contributed by atoms with Gasteiger partial charge in [0.2, 0.25) is 0 Å². The summed E-state index contributed by atoms with van der Waals surface area (Å²) < 4.78 is 5.62. The summed E-state index contributed by atoms with van der Waals surface area (Å²) in [5, 5.41) is 5.54. The topological polar surface area (TPSA) is 83.6 Å². The Kier molecular flexibility index (Phi) is 7.16. The van der Waals surface area contributed by atoms with Crippen molar-refractivity contribution in [2.24, 2.45) is 0 Å². The lowest BCUT2D eigenvalue weighted by molar-refractivity contribution is -0.122. The average Bonchev–Trinajstić information content (AvgIpc) is 2.70. The molecule has 0 aliphatic heterocycles. The van der Waals surface area contributed by atoms with Gasteiger partial charge in [0.15, 0.2) is 6.61 Å². The predicted octanol–water partition coefficient (Wildman–Crippen LogP) is 2.15. The van der Waals surface area contributed by atoms with Crippen molar-refractivity contribution < 1.29 is 14.3 Å². The van der Waals surface area contributed by atoms with Crippen molar-refractivity contribution in [1.29, 1.82) is 0 Å². The molecule has 1 heterocycles. The van der Waals surface area contributed by atoms with Crippen LogP contribution in [-0.2, 0) is 4.79 Å². The molecule has 0 radical (unpaired) electrons. The van der Waals surface area contributed by atoms with E-state index in [0.29, 0.717) is 17.7 Å². The van der Waals surface area contributed by atoms with Gasteiger partial charge in [0.1, 0.15) is 11.6 Å². The first kappa shape index (κ1) is 20.2. The molecule has 7 heteroatoms. The number of anilines is 1. The van der Waals surface area contributed by atoms with Crippen molar-refractivity contribution in [3.63, 3.8) is 0 Å². The second-order valence-corrected chi connectivity index (χ2v) is 6.23. The number of ether oxygens (including phenoxy) is 1.